The molecule has 1 heterocycles. The van der Waals surface area contributed by atoms with Crippen LogP contribution in [0.1, 0.15) is 18.1 Å². The van der Waals surface area contributed by atoms with E-state index in [0.29, 0.717) is 11.5 Å². The summed E-state index contributed by atoms with van der Waals surface area (Å²) in [6, 6.07) is 4.89. The van der Waals surface area contributed by atoms with E-state index in [0.717, 1.165) is 23.6 Å². The molecule has 1 aromatic heterocycles. The van der Waals surface area contributed by atoms with E-state index in [1.165, 1.54) is 6.07 Å². The molecule has 2 aromatic rings. The second kappa shape index (κ2) is 5.65. The lowest BCUT2D eigenvalue weighted by Crippen LogP contribution is -2.05. The van der Waals surface area contributed by atoms with Crippen molar-refractivity contribution in [2.75, 3.05) is 17.2 Å². The number of anilines is 3. The maximum atomic E-state index is 13.2. The number of nitrogens with zero attached hydrogens (tertiary/aromatic N) is 2. The fourth-order valence-electron chi connectivity index (χ4n) is 1.67. The van der Waals surface area contributed by atoms with Crippen molar-refractivity contribution in [3.8, 4) is 0 Å². The quantitative estimate of drug-likeness (QED) is 0.884. The van der Waals surface area contributed by atoms with E-state index in [-0.39, 0.29) is 5.82 Å². The van der Waals surface area contributed by atoms with E-state index in [1.807, 2.05) is 13.8 Å². The number of hydrogen-bond donors (Lipinski definition) is 2. The minimum Gasteiger partial charge on any atom is -0.354 e. The summed E-state index contributed by atoms with van der Waals surface area (Å²) in [7, 11) is 0. The number of halogens is 1. The molecule has 19 heavy (non-hydrogen) atoms. The predicted molar refractivity (Wildman–Crippen MR) is 75.4 cm³/mol. The Labute approximate surface area is 112 Å². The van der Waals surface area contributed by atoms with Crippen LogP contribution in [0.5, 0.6) is 0 Å². The highest BCUT2D eigenvalue weighted by Gasteiger charge is 2.05. The lowest BCUT2D eigenvalue weighted by molar-refractivity contribution is 0.619. The Hall–Kier alpha value is -2.17. The Morgan fingerprint density at radius 1 is 1.21 bits per heavy atom. The zero-order valence-electron chi connectivity index (χ0n) is 11.3. The average Bonchev–Trinajstić information content (AvgIpc) is 2.38. The van der Waals surface area contributed by atoms with Crippen LogP contribution in [-0.2, 0) is 0 Å². The molecule has 100 valence electrons. The Bertz CT molecular complexity index is 584. The Kier molecular flexibility index (Phi) is 3.94. The summed E-state index contributed by atoms with van der Waals surface area (Å²) in [6.07, 6.45) is 1.75. The SMILES string of the molecule is CCNc1ncc(C)c(Nc2ccc(F)c(C)c2)n1. The van der Waals surface area contributed by atoms with E-state index in [2.05, 4.69) is 20.6 Å². The minimum atomic E-state index is -0.210. The molecule has 0 aliphatic rings. The fourth-order valence-corrected chi connectivity index (χ4v) is 1.67. The predicted octanol–water partition coefficient (Wildman–Crippen LogP) is 3.41. The number of hydrogen-bond acceptors (Lipinski definition) is 4. The van der Waals surface area contributed by atoms with Crippen LogP contribution in [-0.4, -0.2) is 16.5 Å². The van der Waals surface area contributed by atoms with Crippen molar-refractivity contribution in [1.82, 2.24) is 9.97 Å². The molecule has 0 bridgehead atoms. The average molecular weight is 260 g/mol. The summed E-state index contributed by atoms with van der Waals surface area (Å²) in [6.45, 7) is 6.41. The van der Waals surface area contributed by atoms with E-state index < -0.39 is 0 Å². The van der Waals surface area contributed by atoms with Gasteiger partial charge in [0, 0.05) is 24.0 Å². The number of nitrogens with one attached hydrogen (secondary N) is 2. The van der Waals surface area contributed by atoms with Gasteiger partial charge in [0.1, 0.15) is 11.6 Å². The Morgan fingerprint density at radius 3 is 2.68 bits per heavy atom. The zero-order valence-corrected chi connectivity index (χ0v) is 11.3. The molecule has 0 atom stereocenters. The fraction of sp³-hybridized carbons (Fsp3) is 0.286. The van der Waals surface area contributed by atoms with Gasteiger partial charge in [0.05, 0.1) is 0 Å². The van der Waals surface area contributed by atoms with E-state index in [4.69, 9.17) is 0 Å². The van der Waals surface area contributed by atoms with Crippen molar-refractivity contribution in [1.29, 1.82) is 0 Å². The van der Waals surface area contributed by atoms with E-state index >= 15 is 0 Å². The molecule has 0 aliphatic carbocycles. The summed E-state index contributed by atoms with van der Waals surface area (Å²) in [4.78, 5) is 8.56. The highest BCUT2D eigenvalue weighted by atomic mass is 19.1. The van der Waals surface area contributed by atoms with Crippen molar-refractivity contribution in [2.45, 2.75) is 20.8 Å². The van der Waals surface area contributed by atoms with Gasteiger partial charge in [0.2, 0.25) is 5.95 Å². The van der Waals surface area contributed by atoms with Crippen LogP contribution in [0.2, 0.25) is 0 Å². The first-order valence-corrected chi connectivity index (χ1v) is 6.21. The van der Waals surface area contributed by atoms with Crippen LogP contribution >= 0.6 is 0 Å². The number of aryl methyl sites for hydroxylation is 2. The third-order valence-corrected chi connectivity index (χ3v) is 2.73. The molecule has 2 N–H and O–H groups in total. The van der Waals surface area contributed by atoms with Crippen molar-refractivity contribution in [3.63, 3.8) is 0 Å². The smallest absolute Gasteiger partial charge is 0.224 e. The first-order valence-electron chi connectivity index (χ1n) is 6.21. The highest BCUT2D eigenvalue weighted by molar-refractivity contribution is 5.60. The van der Waals surface area contributed by atoms with Gasteiger partial charge >= 0.3 is 0 Å². The van der Waals surface area contributed by atoms with Crippen LogP contribution < -0.4 is 10.6 Å². The van der Waals surface area contributed by atoms with Crippen LogP contribution in [0.3, 0.4) is 0 Å². The first kappa shape index (κ1) is 13.3. The topological polar surface area (TPSA) is 49.8 Å². The largest absolute Gasteiger partial charge is 0.354 e. The van der Waals surface area contributed by atoms with Gasteiger partial charge < -0.3 is 10.6 Å². The third-order valence-electron chi connectivity index (χ3n) is 2.73. The normalized spacial score (nSPS) is 10.3. The van der Waals surface area contributed by atoms with Crippen molar-refractivity contribution < 1.29 is 4.39 Å². The monoisotopic (exact) mass is 260 g/mol. The minimum absolute atomic E-state index is 0.210. The molecule has 0 fully saturated rings. The second-order valence-electron chi connectivity index (χ2n) is 4.34. The molecule has 0 saturated heterocycles. The van der Waals surface area contributed by atoms with Gasteiger partial charge in [-0.3, -0.25) is 0 Å². The molecule has 0 saturated carbocycles. The van der Waals surface area contributed by atoms with Crippen LogP contribution in [0, 0.1) is 19.7 Å². The van der Waals surface area contributed by atoms with Gasteiger partial charge in [-0.25, -0.2) is 9.37 Å². The van der Waals surface area contributed by atoms with Gasteiger partial charge in [-0.2, -0.15) is 4.98 Å². The molecule has 4 nitrogen and oxygen atoms in total. The first-order chi connectivity index (χ1) is 9.10. The highest BCUT2D eigenvalue weighted by Crippen LogP contribution is 2.21. The van der Waals surface area contributed by atoms with Gasteiger partial charge in [0.25, 0.3) is 0 Å². The van der Waals surface area contributed by atoms with Gasteiger partial charge in [-0.05, 0) is 44.5 Å². The van der Waals surface area contributed by atoms with Gasteiger partial charge in [-0.1, -0.05) is 0 Å². The van der Waals surface area contributed by atoms with Crippen LogP contribution in [0.15, 0.2) is 24.4 Å². The van der Waals surface area contributed by atoms with Crippen molar-refractivity contribution >= 4 is 17.5 Å². The molecular weight excluding hydrogens is 243 g/mol. The standard InChI is InChI=1S/C14H17FN4/c1-4-16-14-17-8-10(3)13(19-14)18-11-5-6-12(15)9(2)7-11/h5-8H,4H2,1-3H3,(H2,16,17,18,19). The molecule has 1 aromatic carbocycles. The lowest BCUT2D eigenvalue weighted by atomic mass is 10.2. The summed E-state index contributed by atoms with van der Waals surface area (Å²) >= 11 is 0. The van der Waals surface area contributed by atoms with Gasteiger partial charge in [-0.15, -0.1) is 0 Å². The van der Waals surface area contributed by atoms with E-state index in [9.17, 15) is 4.39 Å². The summed E-state index contributed by atoms with van der Waals surface area (Å²) in [5.41, 5.74) is 2.34. The van der Waals surface area contributed by atoms with Crippen molar-refractivity contribution in [2.24, 2.45) is 0 Å². The van der Waals surface area contributed by atoms with E-state index in [1.54, 1.807) is 25.3 Å². The second-order valence-corrected chi connectivity index (χ2v) is 4.34. The zero-order chi connectivity index (χ0) is 13.8. The molecule has 5 heteroatoms. The van der Waals surface area contributed by atoms with Crippen LogP contribution in [0.25, 0.3) is 0 Å². The third kappa shape index (κ3) is 3.19. The molecular formula is C14H17FN4. The maximum absolute atomic E-state index is 13.2. The molecule has 0 radical (unpaired) electrons. The maximum Gasteiger partial charge on any atom is 0.224 e. The number of benzene rings is 1. The Balaban J connectivity index is 2.26. The van der Waals surface area contributed by atoms with Crippen molar-refractivity contribution in [3.05, 3.63) is 41.3 Å². The molecule has 0 unspecified atom stereocenters. The lowest BCUT2D eigenvalue weighted by Gasteiger charge is -2.11. The molecule has 0 amide bonds. The number of rotatable bonds is 4. The molecule has 2 rings (SSSR count). The Morgan fingerprint density at radius 2 is 2.00 bits per heavy atom. The molecule has 0 spiro atoms. The number of aromatic nitrogens is 2. The van der Waals surface area contributed by atoms with Crippen LogP contribution in [0.4, 0.5) is 21.8 Å². The summed E-state index contributed by atoms with van der Waals surface area (Å²) < 4.78 is 13.2. The van der Waals surface area contributed by atoms with Gasteiger partial charge in [0.15, 0.2) is 0 Å². The summed E-state index contributed by atoms with van der Waals surface area (Å²) in [5.74, 6) is 1.09. The molecule has 0 aliphatic heterocycles. The summed E-state index contributed by atoms with van der Waals surface area (Å²) in [5, 5.41) is 6.24.